The Hall–Kier alpha value is -1.60. The van der Waals surface area contributed by atoms with E-state index in [4.69, 9.17) is 0 Å². The highest BCUT2D eigenvalue weighted by atomic mass is 14.8. The molecule has 0 aromatic heterocycles. The largest absolute Gasteiger partial charge is 0.316 e. The molecule has 0 radical (unpaired) electrons. The SMILES string of the molecule is CCNCC(CCCc1ccccc1)c1ccccc1C. The molecule has 0 saturated carbocycles. The maximum absolute atomic E-state index is 3.52. The molecule has 2 aromatic rings. The van der Waals surface area contributed by atoms with Crippen molar-refractivity contribution < 1.29 is 0 Å². The second kappa shape index (κ2) is 8.63. The standard InChI is InChI=1S/C20H27N/c1-3-21-16-19(20-15-8-7-10-17(20)2)14-9-13-18-11-5-4-6-12-18/h4-8,10-12,15,19,21H,3,9,13-14,16H2,1-2H3. The van der Waals surface area contributed by atoms with E-state index in [0.717, 1.165) is 13.1 Å². The van der Waals surface area contributed by atoms with Crippen LogP contribution in [0.4, 0.5) is 0 Å². The van der Waals surface area contributed by atoms with Crippen LogP contribution in [0, 0.1) is 6.92 Å². The van der Waals surface area contributed by atoms with Gasteiger partial charge in [-0.05, 0) is 55.3 Å². The van der Waals surface area contributed by atoms with Crippen molar-refractivity contribution in [1.29, 1.82) is 0 Å². The van der Waals surface area contributed by atoms with Gasteiger partial charge in [0.1, 0.15) is 0 Å². The molecule has 0 saturated heterocycles. The lowest BCUT2D eigenvalue weighted by Crippen LogP contribution is -2.22. The molecule has 0 heterocycles. The van der Waals surface area contributed by atoms with Crippen molar-refractivity contribution >= 4 is 0 Å². The van der Waals surface area contributed by atoms with Crippen LogP contribution in [0.2, 0.25) is 0 Å². The summed E-state index contributed by atoms with van der Waals surface area (Å²) in [4.78, 5) is 0. The van der Waals surface area contributed by atoms with E-state index in [9.17, 15) is 0 Å². The molecule has 21 heavy (non-hydrogen) atoms. The zero-order chi connectivity index (χ0) is 14.9. The number of rotatable bonds is 8. The Labute approximate surface area is 129 Å². The van der Waals surface area contributed by atoms with Crippen LogP contribution < -0.4 is 5.32 Å². The summed E-state index contributed by atoms with van der Waals surface area (Å²) in [7, 11) is 0. The smallest absolute Gasteiger partial charge is 0.00201 e. The van der Waals surface area contributed by atoms with Crippen molar-refractivity contribution in [1.82, 2.24) is 5.32 Å². The average Bonchev–Trinajstić information content (AvgIpc) is 2.52. The number of likely N-dealkylation sites (N-methyl/N-ethyl adjacent to an activating group) is 1. The second-order valence-corrected chi connectivity index (χ2v) is 5.74. The highest BCUT2D eigenvalue weighted by Crippen LogP contribution is 2.24. The van der Waals surface area contributed by atoms with Crippen LogP contribution in [0.3, 0.4) is 0 Å². The van der Waals surface area contributed by atoms with Crippen LogP contribution in [0.1, 0.15) is 42.4 Å². The molecule has 1 heteroatoms. The summed E-state index contributed by atoms with van der Waals surface area (Å²) in [5.74, 6) is 0.620. The zero-order valence-corrected chi connectivity index (χ0v) is 13.3. The van der Waals surface area contributed by atoms with E-state index in [1.54, 1.807) is 0 Å². The van der Waals surface area contributed by atoms with Gasteiger partial charge in [0.05, 0.1) is 0 Å². The molecule has 0 spiro atoms. The first kappa shape index (κ1) is 15.8. The van der Waals surface area contributed by atoms with Crippen LogP contribution in [0.15, 0.2) is 54.6 Å². The minimum atomic E-state index is 0.620. The molecule has 0 aliphatic heterocycles. The van der Waals surface area contributed by atoms with Crippen molar-refractivity contribution in [2.75, 3.05) is 13.1 Å². The van der Waals surface area contributed by atoms with E-state index in [1.807, 2.05) is 0 Å². The summed E-state index contributed by atoms with van der Waals surface area (Å²) in [5.41, 5.74) is 4.37. The van der Waals surface area contributed by atoms with E-state index < -0.39 is 0 Å². The minimum absolute atomic E-state index is 0.620. The molecule has 112 valence electrons. The van der Waals surface area contributed by atoms with Gasteiger partial charge in [0.15, 0.2) is 0 Å². The van der Waals surface area contributed by atoms with E-state index in [0.29, 0.717) is 5.92 Å². The Bertz CT molecular complexity index is 518. The molecular weight excluding hydrogens is 254 g/mol. The third-order valence-electron chi connectivity index (χ3n) is 4.13. The van der Waals surface area contributed by atoms with Gasteiger partial charge in [-0.1, -0.05) is 61.5 Å². The third-order valence-corrected chi connectivity index (χ3v) is 4.13. The molecule has 0 bridgehead atoms. The van der Waals surface area contributed by atoms with Crippen LogP contribution in [-0.4, -0.2) is 13.1 Å². The predicted molar refractivity (Wildman–Crippen MR) is 91.8 cm³/mol. The Morgan fingerprint density at radius 2 is 1.67 bits per heavy atom. The highest BCUT2D eigenvalue weighted by molar-refractivity contribution is 5.29. The Morgan fingerprint density at radius 3 is 2.38 bits per heavy atom. The molecule has 2 aromatic carbocycles. The van der Waals surface area contributed by atoms with Gasteiger partial charge >= 0.3 is 0 Å². The number of nitrogens with one attached hydrogen (secondary N) is 1. The van der Waals surface area contributed by atoms with Crippen molar-refractivity contribution in [2.45, 2.75) is 39.0 Å². The number of benzene rings is 2. The lowest BCUT2D eigenvalue weighted by molar-refractivity contribution is 0.540. The number of aryl methyl sites for hydroxylation is 2. The van der Waals surface area contributed by atoms with Crippen molar-refractivity contribution in [3.8, 4) is 0 Å². The number of hydrogen-bond donors (Lipinski definition) is 1. The molecule has 2 rings (SSSR count). The fraction of sp³-hybridized carbons (Fsp3) is 0.400. The molecule has 0 fully saturated rings. The van der Waals surface area contributed by atoms with E-state index >= 15 is 0 Å². The van der Waals surface area contributed by atoms with E-state index in [2.05, 4.69) is 73.8 Å². The lowest BCUT2D eigenvalue weighted by Gasteiger charge is -2.20. The molecule has 1 nitrogen and oxygen atoms in total. The third kappa shape index (κ3) is 5.02. The van der Waals surface area contributed by atoms with E-state index in [-0.39, 0.29) is 0 Å². The lowest BCUT2D eigenvalue weighted by atomic mass is 9.89. The molecule has 0 aliphatic rings. The van der Waals surface area contributed by atoms with Gasteiger partial charge in [-0.3, -0.25) is 0 Å². The van der Waals surface area contributed by atoms with Crippen LogP contribution in [0.25, 0.3) is 0 Å². The highest BCUT2D eigenvalue weighted by Gasteiger charge is 2.12. The first-order valence-corrected chi connectivity index (χ1v) is 8.11. The molecular formula is C20H27N. The quantitative estimate of drug-likeness (QED) is 0.739. The summed E-state index contributed by atoms with van der Waals surface area (Å²) in [6.07, 6.45) is 3.66. The van der Waals surface area contributed by atoms with Gasteiger partial charge in [0, 0.05) is 6.54 Å². The summed E-state index contributed by atoms with van der Waals surface area (Å²) in [6, 6.07) is 19.6. The molecule has 0 amide bonds. The fourth-order valence-corrected chi connectivity index (χ4v) is 2.93. The van der Waals surface area contributed by atoms with Crippen LogP contribution in [-0.2, 0) is 6.42 Å². The van der Waals surface area contributed by atoms with Gasteiger partial charge in [-0.25, -0.2) is 0 Å². The monoisotopic (exact) mass is 281 g/mol. The second-order valence-electron chi connectivity index (χ2n) is 5.74. The molecule has 1 N–H and O–H groups in total. The van der Waals surface area contributed by atoms with Gasteiger partial charge in [0.25, 0.3) is 0 Å². The summed E-state index contributed by atoms with van der Waals surface area (Å²) >= 11 is 0. The van der Waals surface area contributed by atoms with Gasteiger partial charge in [0.2, 0.25) is 0 Å². The fourth-order valence-electron chi connectivity index (χ4n) is 2.93. The molecule has 1 unspecified atom stereocenters. The molecule has 0 aliphatic carbocycles. The maximum atomic E-state index is 3.52. The van der Waals surface area contributed by atoms with Gasteiger partial charge in [-0.15, -0.1) is 0 Å². The van der Waals surface area contributed by atoms with Crippen LogP contribution in [0.5, 0.6) is 0 Å². The normalized spacial score (nSPS) is 12.3. The van der Waals surface area contributed by atoms with Gasteiger partial charge < -0.3 is 5.32 Å². The Morgan fingerprint density at radius 1 is 0.952 bits per heavy atom. The zero-order valence-electron chi connectivity index (χ0n) is 13.3. The first-order chi connectivity index (χ1) is 10.3. The van der Waals surface area contributed by atoms with Gasteiger partial charge in [-0.2, -0.15) is 0 Å². The van der Waals surface area contributed by atoms with E-state index in [1.165, 1.54) is 36.0 Å². The van der Waals surface area contributed by atoms with Crippen LogP contribution >= 0.6 is 0 Å². The van der Waals surface area contributed by atoms with Crippen molar-refractivity contribution in [3.63, 3.8) is 0 Å². The molecule has 1 atom stereocenters. The Balaban J connectivity index is 1.95. The summed E-state index contributed by atoms with van der Waals surface area (Å²) in [5, 5.41) is 3.52. The number of hydrogen-bond acceptors (Lipinski definition) is 1. The van der Waals surface area contributed by atoms with Crippen molar-refractivity contribution in [3.05, 3.63) is 71.3 Å². The summed E-state index contributed by atoms with van der Waals surface area (Å²) < 4.78 is 0. The predicted octanol–water partition coefficient (Wildman–Crippen LogP) is 4.71. The minimum Gasteiger partial charge on any atom is -0.316 e. The summed E-state index contributed by atoms with van der Waals surface area (Å²) in [6.45, 7) is 6.53. The Kier molecular flexibility index (Phi) is 6.49. The van der Waals surface area contributed by atoms with Crippen molar-refractivity contribution in [2.24, 2.45) is 0 Å². The topological polar surface area (TPSA) is 12.0 Å². The first-order valence-electron chi connectivity index (χ1n) is 8.11. The average molecular weight is 281 g/mol. The maximum Gasteiger partial charge on any atom is 0.00201 e.